The zero-order chi connectivity index (χ0) is 19.8. The second-order valence-electron chi connectivity index (χ2n) is 8.55. The van der Waals surface area contributed by atoms with Crippen LogP contribution in [0.2, 0.25) is 0 Å². The summed E-state index contributed by atoms with van der Waals surface area (Å²) in [6.45, 7) is 10.9. The molecule has 2 N–H and O–H groups in total. The molecule has 1 aromatic carbocycles. The van der Waals surface area contributed by atoms with Crippen LogP contribution < -0.4 is 10.6 Å². The third kappa shape index (κ3) is 6.21. The molecule has 156 valence electrons. The topological polar surface area (TPSA) is 48.9 Å². The van der Waals surface area contributed by atoms with E-state index in [1.165, 1.54) is 50.0 Å². The molecule has 5 nitrogen and oxygen atoms in total. The van der Waals surface area contributed by atoms with Crippen LogP contribution in [0, 0.1) is 18.8 Å². The maximum absolute atomic E-state index is 6.15. The maximum atomic E-state index is 6.15. The molecule has 2 fully saturated rings. The first-order chi connectivity index (χ1) is 13.7. The van der Waals surface area contributed by atoms with E-state index in [4.69, 9.17) is 4.74 Å². The van der Waals surface area contributed by atoms with E-state index >= 15 is 0 Å². The molecule has 3 unspecified atom stereocenters. The predicted octanol–water partition coefficient (Wildman–Crippen LogP) is 3.36. The van der Waals surface area contributed by atoms with Crippen molar-refractivity contribution >= 4 is 5.96 Å². The molecule has 5 heteroatoms. The summed E-state index contributed by atoms with van der Waals surface area (Å²) in [4.78, 5) is 7.00. The molecule has 3 rings (SSSR count). The van der Waals surface area contributed by atoms with Gasteiger partial charge in [0, 0.05) is 39.2 Å². The van der Waals surface area contributed by atoms with Crippen molar-refractivity contribution < 1.29 is 4.74 Å². The normalized spacial score (nSPS) is 24.9. The SMILES string of the molecule is CN=C(NCC(C)CN1CCCC1)NCC1CCCOC1c1ccc(C)cc1. The highest BCUT2D eigenvalue weighted by Gasteiger charge is 2.27. The molecule has 0 bridgehead atoms. The van der Waals surface area contributed by atoms with Gasteiger partial charge in [-0.1, -0.05) is 36.8 Å². The van der Waals surface area contributed by atoms with E-state index in [0.29, 0.717) is 11.8 Å². The molecule has 3 atom stereocenters. The zero-order valence-corrected chi connectivity index (χ0v) is 17.9. The van der Waals surface area contributed by atoms with Crippen molar-refractivity contribution in [3.63, 3.8) is 0 Å². The molecule has 0 spiro atoms. The number of likely N-dealkylation sites (tertiary alicyclic amines) is 1. The molecule has 28 heavy (non-hydrogen) atoms. The van der Waals surface area contributed by atoms with Gasteiger partial charge in [0.1, 0.15) is 0 Å². The minimum atomic E-state index is 0.175. The van der Waals surface area contributed by atoms with E-state index in [0.717, 1.165) is 32.1 Å². The van der Waals surface area contributed by atoms with E-state index in [-0.39, 0.29) is 6.10 Å². The number of nitrogens with one attached hydrogen (secondary N) is 2. The van der Waals surface area contributed by atoms with Gasteiger partial charge in [-0.3, -0.25) is 4.99 Å². The third-order valence-corrected chi connectivity index (χ3v) is 5.99. The molecule has 2 heterocycles. The number of hydrogen-bond acceptors (Lipinski definition) is 3. The molecule has 0 amide bonds. The van der Waals surface area contributed by atoms with Crippen LogP contribution in [0.3, 0.4) is 0 Å². The maximum Gasteiger partial charge on any atom is 0.190 e. The highest BCUT2D eigenvalue weighted by atomic mass is 16.5. The zero-order valence-electron chi connectivity index (χ0n) is 17.9. The number of rotatable bonds is 7. The van der Waals surface area contributed by atoms with Gasteiger partial charge in [0.15, 0.2) is 5.96 Å². The largest absolute Gasteiger partial charge is 0.373 e. The Balaban J connectivity index is 1.46. The van der Waals surface area contributed by atoms with Crippen LogP contribution in [0.25, 0.3) is 0 Å². The number of ether oxygens (including phenoxy) is 1. The van der Waals surface area contributed by atoms with Crippen LogP contribution in [-0.4, -0.2) is 57.2 Å². The van der Waals surface area contributed by atoms with Gasteiger partial charge < -0.3 is 20.3 Å². The Morgan fingerprint density at radius 2 is 1.93 bits per heavy atom. The number of guanidine groups is 1. The highest BCUT2D eigenvalue weighted by Crippen LogP contribution is 2.33. The Hall–Kier alpha value is -1.59. The molecule has 0 saturated carbocycles. The number of benzene rings is 1. The van der Waals surface area contributed by atoms with Crippen LogP contribution in [0.15, 0.2) is 29.3 Å². The van der Waals surface area contributed by atoms with Crippen molar-refractivity contribution in [1.29, 1.82) is 0 Å². The van der Waals surface area contributed by atoms with Crippen molar-refractivity contribution in [3.8, 4) is 0 Å². The fraction of sp³-hybridized carbons (Fsp3) is 0.696. The number of hydrogen-bond donors (Lipinski definition) is 2. The first-order valence-electron chi connectivity index (χ1n) is 11.0. The van der Waals surface area contributed by atoms with E-state index in [1.54, 1.807) is 0 Å². The van der Waals surface area contributed by atoms with Gasteiger partial charge in [-0.2, -0.15) is 0 Å². The summed E-state index contributed by atoms with van der Waals surface area (Å²) < 4.78 is 6.15. The lowest BCUT2D eigenvalue weighted by molar-refractivity contribution is -0.0265. The van der Waals surface area contributed by atoms with Crippen LogP contribution >= 0.6 is 0 Å². The van der Waals surface area contributed by atoms with Gasteiger partial charge in [-0.15, -0.1) is 0 Å². The van der Waals surface area contributed by atoms with Gasteiger partial charge in [0.05, 0.1) is 6.10 Å². The number of aliphatic imine (C=N–C) groups is 1. The number of aryl methyl sites for hydroxylation is 1. The van der Waals surface area contributed by atoms with Crippen LogP contribution in [0.4, 0.5) is 0 Å². The van der Waals surface area contributed by atoms with Crippen LogP contribution in [0.1, 0.15) is 49.8 Å². The first-order valence-corrected chi connectivity index (χ1v) is 11.0. The molecule has 0 aromatic heterocycles. The van der Waals surface area contributed by atoms with Crippen molar-refractivity contribution in [1.82, 2.24) is 15.5 Å². The molecule has 1 aromatic rings. The molecular weight excluding hydrogens is 348 g/mol. The van der Waals surface area contributed by atoms with Crippen LogP contribution in [-0.2, 0) is 4.74 Å². The summed E-state index contributed by atoms with van der Waals surface area (Å²) in [5.41, 5.74) is 2.58. The summed E-state index contributed by atoms with van der Waals surface area (Å²) in [5, 5.41) is 7.06. The minimum absolute atomic E-state index is 0.175. The van der Waals surface area contributed by atoms with E-state index in [1.807, 2.05) is 7.05 Å². The smallest absolute Gasteiger partial charge is 0.190 e. The Morgan fingerprint density at radius 1 is 1.18 bits per heavy atom. The fourth-order valence-corrected chi connectivity index (χ4v) is 4.37. The van der Waals surface area contributed by atoms with Crippen LogP contribution in [0.5, 0.6) is 0 Å². The third-order valence-electron chi connectivity index (χ3n) is 5.99. The second-order valence-corrected chi connectivity index (χ2v) is 8.55. The van der Waals surface area contributed by atoms with Crippen molar-refractivity contribution in [2.75, 3.05) is 46.4 Å². The predicted molar refractivity (Wildman–Crippen MR) is 117 cm³/mol. The fourth-order valence-electron chi connectivity index (χ4n) is 4.37. The first kappa shape index (κ1) is 21.1. The van der Waals surface area contributed by atoms with E-state index in [9.17, 15) is 0 Å². The van der Waals surface area contributed by atoms with Gasteiger partial charge in [-0.25, -0.2) is 0 Å². The van der Waals surface area contributed by atoms with E-state index in [2.05, 4.69) is 58.6 Å². The summed E-state index contributed by atoms with van der Waals surface area (Å²) in [5.74, 6) is 1.99. The lowest BCUT2D eigenvalue weighted by atomic mass is 9.89. The lowest BCUT2D eigenvalue weighted by Crippen LogP contribution is -2.44. The van der Waals surface area contributed by atoms with Gasteiger partial charge in [-0.05, 0) is 57.2 Å². The standard InChI is InChI=1S/C23H38N4O/c1-18-8-10-20(11-9-18)22-21(7-6-14-28-22)16-26-23(24-3)25-15-19(2)17-27-12-4-5-13-27/h8-11,19,21-22H,4-7,12-17H2,1-3H3,(H2,24,25,26). The highest BCUT2D eigenvalue weighted by molar-refractivity contribution is 5.79. The average Bonchev–Trinajstić information content (AvgIpc) is 3.22. The summed E-state index contributed by atoms with van der Waals surface area (Å²) in [6.07, 6.45) is 5.21. The molecule has 0 radical (unpaired) electrons. The Labute approximate surface area is 170 Å². The second kappa shape index (κ2) is 10.8. The number of nitrogens with zero attached hydrogens (tertiary/aromatic N) is 2. The van der Waals surface area contributed by atoms with Crippen molar-refractivity contribution in [3.05, 3.63) is 35.4 Å². The summed E-state index contributed by atoms with van der Waals surface area (Å²) in [6, 6.07) is 8.79. The Morgan fingerprint density at radius 3 is 2.64 bits per heavy atom. The van der Waals surface area contributed by atoms with Crippen molar-refractivity contribution in [2.45, 2.75) is 45.6 Å². The molecule has 2 aliphatic rings. The Bertz CT molecular complexity index is 610. The van der Waals surface area contributed by atoms with Crippen molar-refractivity contribution in [2.24, 2.45) is 16.8 Å². The Kier molecular flexibility index (Phi) is 8.16. The molecule has 0 aliphatic carbocycles. The summed E-state index contributed by atoms with van der Waals surface area (Å²) >= 11 is 0. The van der Waals surface area contributed by atoms with Gasteiger partial charge in [0.25, 0.3) is 0 Å². The minimum Gasteiger partial charge on any atom is -0.373 e. The van der Waals surface area contributed by atoms with Gasteiger partial charge >= 0.3 is 0 Å². The monoisotopic (exact) mass is 386 g/mol. The molecule has 2 aliphatic heterocycles. The van der Waals surface area contributed by atoms with Gasteiger partial charge in [0.2, 0.25) is 0 Å². The molecular formula is C23H38N4O. The quantitative estimate of drug-likeness (QED) is 0.557. The lowest BCUT2D eigenvalue weighted by Gasteiger charge is -2.33. The molecule has 2 saturated heterocycles. The summed E-state index contributed by atoms with van der Waals surface area (Å²) in [7, 11) is 1.86. The van der Waals surface area contributed by atoms with E-state index < -0.39 is 0 Å². The average molecular weight is 387 g/mol.